The molecule has 1 atom stereocenters. The predicted molar refractivity (Wildman–Crippen MR) is 61.0 cm³/mol. The molecule has 0 spiro atoms. The minimum Gasteiger partial charge on any atom is -0.379 e. The largest absolute Gasteiger partial charge is 0.379 e. The number of halogens is 1. The number of hydrogen-bond acceptors (Lipinski definition) is 3. The first-order valence-corrected chi connectivity index (χ1v) is 6.62. The van der Waals surface area contributed by atoms with Crippen molar-refractivity contribution in [2.75, 3.05) is 51.3 Å². The van der Waals surface area contributed by atoms with Crippen molar-refractivity contribution in [3.8, 4) is 0 Å². The van der Waals surface area contributed by atoms with E-state index in [2.05, 4.69) is 25.7 Å². The standard InChI is InChI=1S/C10H19BrN2O/c11-2-4-12-3-1-10(9-12)13-5-7-14-8-6-13/h10H,1-9H2. The molecule has 0 aromatic heterocycles. The van der Waals surface area contributed by atoms with Crippen LogP contribution in [0.25, 0.3) is 0 Å². The molecular formula is C10H19BrN2O. The van der Waals surface area contributed by atoms with Gasteiger partial charge in [-0.15, -0.1) is 0 Å². The van der Waals surface area contributed by atoms with Crippen molar-refractivity contribution in [2.45, 2.75) is 12.5 Å². The van der Waals surface area contributed by atoms with E-state index in [0.29, 0.717) is 0 Å². The lowest BCUT2D eigenvalue weighted by atomic mass is 10.2. The van der Waals surface area contributed by atoms with Crippen LogP contribution in [-0.4, -0.2) is 67.1 Å². The number of likely N-dealkylation sites (tertiary alicyclic amines) is 1. The van der Waals surface area contributed by atoms with E-state index < -0.39 is 0 Å². The third-order valence-electron chi connectivity index (χ3n) is 3.21. The molecule has 2 saturated heterocycles. The lowest BCUT2D eigenvalue weighted by Crippen LogP contribution is -2.44. The summed E-state index contributed by atoms with van der Waals surface area (Å²) >= 11 is 3.50. The second-order valence-corrected chi connectivity index (χ2v) is 4.87. The van der Waals surface area contributed by atoms with E-state index in [0.717, 1.165) is 37.7 Å². The molecule has 1 unspecified atom stereocenters. The van der Waals surface area contributed by atoms with Gasteiger partial charge in [-0.3, -0.25) is 4.90 Å². The lowest BCUT2D eigenvalue weighted by Gasteiger charge is -2.32. The van der Waals surface area contributed by atoms with Crippen molar-refractivity contribution in [3.05, 3.63) is 0 Å². The maximum Gasteiger partial charge on any atom is 0.0594 e. The zero-order valence-corrected chi connectivity index (χ0v) is 10.2. The molecule has 2 aliphatic rings. The summed E-state index contributed by atoms with van der Waals surface area (Å²) in [5.74, 6) is 0. The number of nitrogens with zero attached hydrogens (tertiary/aromatic N) is 2. The fraction of sp³-hybridized carbons (Fsp3) is 1.00. The van der Waals surface area contributed by atoms with Crippen LogP contribution in [0.5, 0.6) is 0 Å². The molecule has 0 saturated carbocycles. The number of hydrogen-bond donors (Lipinski definition) is 0. The first kappa shape index (κ1) is 10.9. The molecule has 2 fully saturated rings. The van der Waals surface area contributed by atoms with Crippen molar-refractivity contribution in [1.29, 1.82) is 0 Å². The first-order valence-electron chi connectivity index (χ1n) is 5.50. The summed E-state index contributed by atoms with van der Waals surface area (Å²) < 4.78 is 5.37. The van der Waals surface area contributed by atoms with Crippen LogP contribution in [0.15, 0.2) is 0 Å². The molecule has 0 aliphatic carbocycles. The Labute approximate surface area is 94.5 Å². The van der Waals surface area contributed by atoms with Crippen LogP contribution in [0.4, 0.5) is 0 Å². The van der Waals surface area contributed by atoms with Gasteiger partial charge in [0, 0.05) is 37.6 Å². The molecule has 0 amide bonds. The Morgan fingerprint density at radius 1 is 1.21 bits per heavy atom. The molecule has 14 heavy (non-hydrogen) atoms. The first-order chi connectivity index (χ1) is 6.90. The molecule has 0 aromatic rings. The van der Waals surface area contributed by atoms with Crippen LogP contribution in [0.1, 0.15) is 6.42 Å². The normalized spacial score (nSPS) is 31.1. The highest BCUT2D eigenvalue weighted by atomic mass is 79.9. The minimum atomic E-state index is 0.790. The van der Waals surface area contributed by atoms with Crippen LogP contribution in [0.2, 0.25) is 0 Å². The van der Waals surface area contributed by atoms with Crippen LogP contribution in [0, 0.1) is 0 Å². The van der Waals surface area contributed by atoms with Crippen molar-refractivity contribution in [3.63, 3.8) is 0 Å². The highest BCUT2D eigenvalue weighted by molar-refractivity contribution is 9.09. The van der Waals surface area contributed by atoms with Crippen LogP contribution in [-0.2, 0) is 4.74 Å². The second-order valence-electron chi connectivity index (χ2n) is 4.08. The Balaban J connectivity index is 1.76. The summed E-state index contributed by atoms with van der Waals surface area (Å²) in [5.41, 5.74) is 0. The molecule has 2 rings (SSSR count). The number of alkyl halides is 1. The van der Waals surface area contributed by atoms with Crippen LogP contribution in [0.3, 0.4) is 0 Å². The molecular weight excluding hydrogens is 244 g/mol. The maximum atomic E-state index is 5.37. The monoisotopic (exact) mass is 262 g/mol. The summed E-state index contributed by atoms with van der Waals surface area (Å²) in [6.07, 6.45) is 1.34. The van der Waals surface area contributed by atoms with E-state index in [1.807, 2.05) is 0 Å². The van der Waals surface area contributed by atoms with E-state index in [1.54, 1.807) is 0 Å². The Morgan fingerprint density at radius 3 is 2.71 bits per heavy atom. The lowest BCUT2D eigenvalue weighted by molar-refractivity contribution is 0.0186. The predicted octanol–water partition coefficient (Wildman–Crippen LogP) is 0.788. The van der Waals surface area contributed by atoms with Gasteiger partial charge in [-0.05, 0) is 13.0 Å². The van der Waals surface area contributed by atoms with Gasteiger partial charge in [0.2, 0.25) is 0 Å². The van der Waals surface area contributed by atoms with Crippen molar-refractivity contribution in [2.24, 2.45) is 0 Å². The number of morpholine rings is 1. The van der Waals surface area contributed by atoms with Gasteiger partial charge in [0.1, 0.15) is 0 Å². The molecule has 3 nitrogen and oxygen atoms in total. The average molecular weight is 263 g/mol. The molecule has 0 radical (unpaired) electrons. The summed E-state index contributed by atoms with van der Waals surface area (Å²) in [6, 6.07) is 0.790. The highest BCUT2D eigenvalue weighted by Crippen LogP contribution is 2.16. The minimum absolute atomic E-state index is 0.790. The molecule has 0 bridgehead atoms. The molecule has 2 aliphatic heterocycles. The highest BCUT2D eigenvalue weighted by Gasteiger charge is 2.27. The Morgan fingerprint density at radius 2 is 2.00 bits per heavy atom. The van der Waals surface area contributed by atoms with Gasteiger partial charge < -0.3 is 9.64 Å². The fourth-order valence-corrected chi connectivity index (χ4v) is 2.88. The number of ether oxygens (including phenoxy) is 1. The van der Waals surface area contributed by atoms with Gasteiger partial charge in [0.05, 0.1) is 13.2 Å². The summed E-state index contributed by atoms with van der Waals surface area (Å²) in [4.78, 5) is 5.15. The van der Waals surface area contributed by atoms with Crippen molar-refractivity contribution < 1.29 is 4.74 Å². The quantitative estimate of drug-likeness (QED) is 0.700. The van der Waals surface area contributed by atoms with Crippen LogP contribution >= 0.6 is 15.9 Å². The second kappa shape index (κ2) is 5.45. The number of rotatable bonds is 3. The van der Waals surface area contributed by atoms with Gasteiger partial charge in [-0.1, -0.05) is 15.9 Å². The summed E-state index contributed by atoms with van der Waals surface area (Å²) in [7, 11) is 0. The zero-order chi connectivity index (χ0) is 9.80. The smallest absolute Gasteiger partial charge is 0.0594 e. The molecule has 2 heterocycles. The van der Waals surface area contributed by atoms with Gasteiger partial charge in [0.25, 0.3) is 0 Å². The third kappa shape index (κ3) is 2.69. The maximum absolute atomic E-state index is 5.37. The van der Waals surface area contributed by atoms with E-state index in [4.69, 9.17) is 4.74 Å². The van der Waals surface area contributed by atoms with Crippen molar-refractivity contribution in [1.82, 2.24) is 9.80 Å². The third-order valence-corrected chi connectivity index (χ3v) is 3.56. The Kier molecular flexibility index (Phi) is 4.23. The SMILES string of the molecule is BrCCN1CCC(N2CCOCC2)C1. The average Bonchev–Trinajstić information content (AvgIpc) is 2.68. The van der Waals surface area contributed by atoms with Gasteiger partial charge in [0.15, 0.2) is 0 Å². The molecule has 82 valence electrons. The van der Waals surface area contributed by atoms with E-state index in [9.17, 15) is 0 Å². The fourth-order valence-electron chi connectivity index (χ4n) is 2.38. The summed E-state index contributed by atoms with van der Waals surface area (Å²) in [5, 5.41) is 1.10. The van der Waals surface area contributed by atoms with Gasteiger partial charge >= 0.3 is 0 Å². The van der Waals surface area contributed by atoms with E-state index in [1.165, 1.54) is 26.1 Å². The van der Waals surface area contributed by atoms with Crippen LogP contribution < -0.4 is 0 Å². The van der Waals surface area contributed by atoms with E-state index in [-0.39, 0.29) is 0 Å². The Bertz CT molecular complexity index is 174. The molecule has 0 aromatic carbocycles. The van der Waals surface area contributed by atoms with E-state index >= 15 is 0 Å². The topological polar surface area (TPSA) is 15.7 Å². The van der Waals surface area contributed by atoms with Gasteiger partial charge in [-0.25, -0.2) is 0 Å². The molecule has 0 N–H and O–H groups in total. The van der Waals surface area contributed by atoms with Gasteiger partial charge in [-0.2, -0.15) is 0 Å². The summed E-state index contributed by atoms with van der Waals surface area (Å²) in [6.45, 7) is 7.84. The molecule has 4 heteroatoms. The van der Waals surface area contributed by atoms with Crippen molar-refractivity contribution >= 4 is 15.9 Å². The Hall–Kier alpha value is 0.360. The zero-order valence-electron chi connectivity index (χ0n) is 8.62.